The highest BCUT2D eigenvalue weighted by Gasteiger charge is 2.26. The van der Waals surface area contributed by atoms with E-state index in [-0.39, 0.29) is 11.9 Å². The van der Waals surface area contributed by atoms with Gasteiger partial charge < -0.3 is 11.1 Å². The molecule has 3 N–H and O–H groups in total. The molecule has 4 nitrogen and oxygen atoms in total. The minimum absolute atomic E-state index is 0.0639. The zero-order valence-electron chi connectivity index (χ0n) is 13.4. The Kier molecular flexibility index (Phi) is 5.37. The minimum Gasteiger partial charge on any atom is -0.327 e. The summed E-state index contributed by atoms with van der Waals surface area (Å²) in [5.74, 6) is 0.571. The zero-order valence-corrected chi connectivity index (χ0v) is 13.4. The molecule has 1 aromatic carbocycles. The van der Waals surface area contributed by atoms with Crippen molar-refractivity contribution in [1.29, 1.82) is 0 Å². The van der Waals surface area contributed by atoms with Gasteiger partial charge in [0.25, 0.3) is 0 Å². The average molecular weight is 289 g/mol. The van der Waals surface area contributed by atoms with Gasteiger partial charge >= 0.3 is 0 Å². The van der Waals surface area contributed by atoms with Gasteiger partial charge in [0.05, 0.1) is 6.54 Å². The second kappa shape index (κ2) is 7.05. The van der Waals surface area contributed by atoms with Crippen molar-refractivity contribution in [1.82, 2.24) is 4.90 Å². The summed E-state index contributed by atoms with van der Waals surface area (Å²) in [6.07, 6.45) is 2.06. The van der Waals surface area contributed by atoms with Crippen LogP contribution in [0.3, 0.4) is 0 Å². The second-order valence-corrected chi connectivity index (χ2v) is 6.15. The number of carbonyl (C=O) groups is 1. The van der Waals surface area contributed by atoms with Crippen molar-refractivity contribution in [3.05, 3.63) is 29.3 Å². The van der Waals surface area contributed by atoms with E-state index in [2.05, 4.69) is 30.1 Å². The van der Waals surface area contributed by atoms with Crippen molar-refractivity contribution in [3.63, 3.8) is 0 Å². The van der Waals surface area contributed by atoms with Crippen LogP contribution in [-0.2, 0) is 4.79 Å². The van der Waals surface area contributed by atoms with E-state index < -0.39 is 0 Å². The van der Waals surface area contributed by atoms with Gasteiger partial charge in [0.15, 0.2) is 0 Å². The molecular formula is C17H27N3O. The van der Waals surface area contributed by atoms with Crippen molar-refractivity contribution in [3.8, 4) is 0 Å². The molecule has 0 radical (unpaired) electrons. The van der Waals surface area contributed by atoms with Crippen LogP contribution in [0.1, 0.15) is 30.9 Å². The molecule has 0 bridgehead atoms. The first-order valence-corrected chi connectivity index (χ1v) is 7.85. The number of carbonyl (C=O) groups excluding carboxylic acids is 1. The van der Waals surface area contributed by atoms with Crippen molar-refractivity contribution >= 4 is 11.6 Å². The quantitative estimate of drug-likeness (QED) is 0.894. The molecule has 4 heteroatoms. The molecule has 0 aliphatic carbocycles. The van der Waals surface area contributed by atoms with Gasteiger partial charge in [-0.15, -0.1) is 0 Å². The summed E-state index contributed by atoms with van der Waals surface area (Å²) in [6, 6.07) is 6.28. The molecule has 1 heterocycles. The fourth-order valence-electron chi connectivity index (χ4n) is 2.98. The van der Waals surface area contributed by atoms with Crippen LogP contribution in [0.25, 0.3) is 0 Å². The first-order chi connectivity index (χ1) is 10.0. The maximum absolute atomic E-state index is 12.2. The van der Waals surface area contributed by atoms with Gasteiger partial charge in [0.2, 0.25) is 5.91 Å². The van der Waals surface area contributed by atoms with E-state index in [1.165, 1.54) is 5.56 Å². The van der Waals surface area contributed by atoms with E-state index in [0.29, 0.717) is 12.5 Å². The Hall–Kier alpha value is -1.39. The molecule has 2 atom stereocenters. The van der Waals surface area contributed by atoms with Crippen LogP contribution < -0.4 is 11.1 Å². The van der Waals surface area contributed by atoms with Crippen molar-refractivity contribution in [2.24, 2.45) is 11.7 Å². The molecule has 1 amide bonds. The summed E-state index contributed by atoms with van der Waals surface area (Å²) < 4.78 is 0. The summed E-state index contributed by atoms with van der Waals surface area (Å²) in [5.41, 5.74) is 9.37. The Morgan fingerprint density at radius 1 is 1.43 bits per heavy atom. The van der Waals surface area contributed by atoms with Crippen LogP contribution in [0.2, 0.25) is 0 Å². The van der Waals surface area contributed by atoms with E-state index >= 15 is 0 Å². The number of amides is 1. The Morgan fingerprint density at radius 3 is 2.90 bits per heavy atom. The number of rotatable bonds is 4. The van der Waals surface area contributed by atoms with Crippen LogP contribution in [0.4, 0.5) is 5.69 Å². The number of aryl methyl sites for hydroxylation is 1. The van der Waals surface area contributed by atoms with E-state index in [1.807, 2.05) is 19.1 Å². The smallest absolute Gasteiger partial charge is 0.238 e. The number of nitrogens with one attached hydrogen (secondary N) is 1. The number of hydrogen-bond acceptors (Lipinski definition) is 3. The summed E-state index contributed by atoms with van der Waals surface area (Å²) in [5, 5.41) is 3.03. The summed E-state index contributed by atoms with van der Waals surface area (Å²) in [6.45, 7) is 8.57. The maximum atomic E-state index is 12.2. The lowest BCUT2D eigenvalue weighted by atomic mass is 9.91. The Bertz CT molecular complexity index is 501. The Balaban J connectivity index is 1.91. The van der Waals surface area contributed by atoms with Crippen molar-refractivity contribution < 1.29 is 4.79 Å². The predicted molar refractivity (Wildman–Crippen MR) is 87.4 cm³/mol. The standard InChI is InChI=1S/C17H27N3O/c1-4-14-10-20(9-8-15(14)18)11-17(21)19-16-7-5-6-12(2)13(16)3/h5-7,14-15H,4,8-11,18H2,1-3H3,(H,19,21). The van der Waals surface area contributed by atoms with E-state index in [4.69, 9.17) is 5.73 Å². The van der Waals surface area contributed by atoms with Crippen molar-refractivity contribution in [2.75, 3.05) is 25.0 Å². The average Bonchev–Trinajstić information content (AvgIpc) is 2.46. The molecule has 1 saturated heterocycles. The van der Waals surface area contributed by atoms with Crippen LogP contribution in [0.5, 0.6) is 0 Å². The largest absolute Gasteiger partial charge is 0.327 e. The van der Waals surface area contributed by atoms with E-state index in [0.717, 1.165) is 37.2 Å². The highest BCUT2D eigenvalue weighted by molar-refractivity contribution is 5.93. The SMILES string of the molecule is CCC1CN(CC(=O)Nc2cccc(C)c2C)CCC1N. The molecule has 1 aliphatic rings. The number of nitrogens with two attached hydrogens (primary N) is 1. The molecule has 0 saturated carbocycles. The molecule has 2 unspecified atom stereocenters. The summed E-state index contributed by atoms with van der Waals surface area (Å²) in [7, 11) is 0. The highest BCUT2D eigenvalue weighted by Crippen LogP contribution is 2.20. The fraction of sp³-hybridized carbons (Fsp3) is 0.588. The highest BCUT2D eigenvalue weighted by atomic mass is 16.2. The number of likely N-dealkylation sites (tertiary alicyclic amines) is 1. The van der Waals surface area contributed by atoms with Crippen LogP contribution in [-0.4, -0.2) is 36.5 Å². The predicted octanol–water partition coefficient (Wildman–Crippen LogP) is 2.30. The summed E-state index contributed by atoms with van der Waals surface area (Å²) in [4.78, 5) is 14.5. The lowest BCUT2D eigenvalue weighted by Crippen LogP contribution is -2.48. The molecule has 1 aromatic rings. The molecule has 0 aromatic heterocycles. The van der Waals surface area contributed by atoms with Gasteiger partial charge in [-0.1, -0.05) is 25.5 Å². The number of nitrogens with zero attached hydrogens (tertiary/aromatic N) is 1. The maximum Gasteiger partial charge on any atom is 0.238 e. The number of anilines is 1. The topological polar surface area (TPSA) is 58.4 Å². The van der Waals surface area contributed by atoms with Crippen LogP contribution in [0, 0.1) is 19.8 Å². The minimum atomic E-state index is 0.0639. The Morgan fingerprint density at radius 2 is 2.19 bits per heavy atom. The van der Waals surface area contributed by atoms with Gasteiger partial charge in [-0.05, 0) is 43.4 Å². The van der Waals surface area contributed by atoms with Gasteiger partial charge in [-0.2, -0.15) is 0 Å². The van der Waals surface area contributed by atoms with Crippen LogP contribution >= 0.6 is 0 Å². The second-order valence-electron chi connectivity index (χ2n) is 6.15. The molecule has 1 aliphatic heterocycles. The molecule has 0 spiro atoms. The van der Waals surface area contributed by atoms with E-state index in [1.54, 1.807) is 0 Å². The molecular weight excluding hydrogens is 262 g/mol. The number of piperidine rings is 1. The molecule has 1 fully saturated rings. The van der Waals surface area contributed by atoms with Crippen molar-refractivity contribution in [2.45, 2.75) is 39.7 Å². The Labute approximate surface area is 127 Å². The number of benzene rings is 1. The molecule has 2 rings (SSSR count). The molecule has 21 heavy (non-hydrogen) atoms. The fourth-order valence-corrected chi connectivity index (χ4v) is 2.98. The summed E-state index contributed by atoms with van der Waals surface area (Å²) >= 11 is 0. The monoisotopic (exact) mass is 289 g/mol. The van der Waals surface area contributed by atoms with Gasteiger partial charge in [-0.25, -0.2) is 0 Å². The van der Waals surface area contributed by atoms with Gasteiger partial charge in [0.1, 0.15) is 0 Å². The van der Waals surface area contributed by atoms with Crippen LogP contribution in [0.15, 0.2) is 18.2 Å². The lowest BCUT2D eigenvalue weighted by Gasteiger charge is -2.36. The van der Waals surface area contributed by atoms with Gasteiger partial charge in [-0.3, -0.25) is 9.69 Å². The normalized spacial score (nSPS) is 23.0. The third-order valence-corrected chi connectivity index (χ3v) is 4.65. The number of hydrogen-bond donors (Lipinski definition) is 2. The lowest BCUT2D eigenvalue weighted by molar-refractivity contribution is -0.117. The first kappa shape index (κ1) is 16.0. The first-order valence-electron chi connectivity index (χ1n) is 7.85. The third-order valence-electron chi connectivity index (χ3n) is 4.65. The van der Waals surface area contributed by atoms with E-state index in [9.17, 15) is 4.79 Å². The zero-order chi connectivity index (χ0) is 15.4. The third kappa shape index (κ3) is 4.05. The van der Waals surface area contributed by atoms with Gasteiger partial charge in [0, 0.05) is 24.8 Å². The molecule has 116 valence electrons.